The molecule has 3 rings (SSSR count). The Balaban J connectivity index is 1.87. The zero-order valence-electron chi connectivity index (χ0n) is 10.7. The number of rotatable bonds is 2. The number of amides is 1. The lowest BCUT2D eigenvalue weighted by molar-refractivity contribution is -0.148. The van der Waals surface area contributed by atoms with E-state index in [0.29, 0.717) is 6.61 Å². The third kappa shape index (κ3) is 1.83. The molecule has 0 unspecified atom stereocenters. The van der Waals surface area contributed by atoms with Gasteiger partial charge in [-0.25, -0.2) is 0 Å². The molecule has 2 fully saturated rings. The van der Waals surface area contributed by atoms with Crippen LogP contribution in [0.15, 0.2) is 30.3 Å². The highest BCUT2D eigenvalue weighted by Crippen LogP contribution is 2.38. The van der Waals surface area contributed by atoms with Crippen LogP contribution in [0.1, 0.15) is 37.8 Å². The number of nitrogens with zero attached hydrogens (tertiary/aromatic N) is 1. The summed E-state index contributed by atoms with van der Waals surface area (Å²) in [7, 11) is 0. The highest BCUT2D eigenvalue weighted by Gasteiger charge is 2.43. The van der Waals surface area contributed by atoms with Gasteiger partial charge < -0.3 is 9.64 Å². The first kappa shape index (κ1) is 11.7. The lowest BCUT2D eigenvalue weighted by atomic mass is 9.92. The number of ether oxygens (including phenoxy) is 1. The van der Waals surface area contributed by atoms with Gasteiger partial charge >= 0.3 is 0 Å². The molecule has 3 atom stereocenters. The van der Waals surface area contributed by atoms with E-state index in [1.54, 1.807) is 0 Å². The summed E-state index contributed by atoms with van der Waals surface area (Å²) in [4.78, 5) is 14.4. The van der Waals surface area contributed by atoms with E-state index in [2.05, 4.69) is 19.1 Å². The van der Waals surface area contributed by atoms with E-state index >= 15 is 0 Å². The first-order valence-corrected chi connectivity index (χ1v) is 6.80. The summed E-state index contributed by atoms with van der Waals surface area (Å²) in [6, 6.07) is 10.3. The molecule has 2 aliphatic heterocycles. The Labute approximate surface area is 108 Å². The number of carbonyl (C=O) groups is 1. The Morgan fingerprint density at radius 2 is 2.06 bits per heavy atom. The number of hydrogen-bond acceptors (Lipinski definition) is 2. The van der Waals surface area contributed by atoms with Crippen molar-refractivity contribution >= 4 is 5.91 Å². The van der Waals surface area contributed by atoms with Crippen molar-refractivity contribution in [2.24, 2.45) is 5.92 Å². The Hall–Kier alpha value is -1.35. The second-order valence-corrected chi connectivity index (χ2v) is 5.14. The maximum atomic E-state index is 12.5. The summed E-state index contributed by atoms with van der Waals surface area (Å²) < 4.78 is 5.79. The molecule has 2 aliphatic rings. The van der Waals surface area contributed by atoms with Crippen LogP contribution < -0.4 is 0 Å². The van der Waals surface area contributed by atoms with E-state index in [9.17, 15) is 4.79 Å². The number of fused-ring (bicyclic) bond motifs is 1. The highest BCUT2D eigenvalue weighted by atomic mass is 16.5. The van der Waals surface area contributed by atoms with Crippen molar-refractivity contribution in [2.75, 3.05) is 6.61 Å². The van der Waals surface area contributed by atoms with Gasteiger partial charge in [0.25, 0.3) is 0 Å². The quantitative estimate of drug-likeness (QED) is 0.801. The van der Waals surface area contributed by atoms with Crippen LogP contribution in [0.4, 0.5) is 0 Å². The van der Waals surface area contributed by atoms with Gasteiger partial charge in [-0.05, 0) is 24.8 Å². The minimum Gasteiger partial charge on any atom is -0.356 e. The second kappa shape index (κ2) is 4.73. The summed E-state index contributed by atoms with van der Waals surface area (Å²) in [5.74, 6) is 0.467. The number of benzene rings is 1. The average Bonchev–Trinajstić information content (AvgIpc) is 2.85. The SMILES string of the molecule is CC[C@@H]1CC[C@H]2OC[C@H](c3ccccc3)N2C1=O. The molecule has 18 heavy (non-hydrogen) atoms. The first-order chi connectivity index (χ1) is 8.81. The van der Waals surface area contributed by atoms with Crippen molar-refractivity contribution < 1.29 is 9.53 Å². The Morgan fingerprint density at radius 3 is 2.78 bits per heavy atom. The van der Waals surface area contributed by atoms with Crippen LogP contribution in [-0.2, 0) is 9.53 Å². The highest BCUT2D eigenvalue weighted by molar-refractivity contribution is 5.80. The minimum atomic E-state index is 0.00510. The third-order valence-corrected chi connectivity index (χ3v) is 4.14. The predicted molar refractivity (Wildman–Crippen MR) is 68.8 cm³/mol. The summed E-state index contributed by atoms with van der Waals surface area (Å²) in [5.41, 5.74) is 1.19. The standard InChI is InChI=1S/C15H19NO2/c1-2-11-8-9-14-16(15(11)17)13(10-18-14)12-6-4-3-5-7-12/h3-7,11,13-14H,2,8-10H2,1H3/t11-,13-,14-/m1/s1. The van der Waals surface area contributed by atoms with Gasteiger partial charge in [-0.15, -0.1) is 0 Å². The van der Waals surface area contributed by atoms with Gasteiger partial charge in [0.1, 0.15) is 6.23 Å². The molecule has 96 valence electrons. The van der Waals surface area contributed by atoms with Crippen molar-refractivity contribution in [3.05, 3.63) is 35.9 Å². The molecule has 0 radical (unpaired) electrons. The molecular weight excluding hydrogens is 226 g/mol. The molecule has 2 heterocycles. The van der Waals surface area contributed by atoms with Crippen LogP contribution >= 0.6 is 0 Å². The van der Waals surface area contributed by atoms with Crippen LogP contribution in [0.25, 0.3) is 0 Å². The third-order valence-electron chi connectivity index (χ3n) is 4.14. The summed E-state index contributed by atoms with van der Waals surface area (Å²) in [5, 5.41) is 0. The summed E-state index contributed by atoms with van der Waals surface area (Å²) >= 11 is 0. The van der Waals surface area contributed by atoms with Crippen LogP contribution in [0.3, 0.4) is 0 Å². The van der Waals surface area contributed by atoms with Crippen molar-refractivity contribution in [3.8, 4) is 0 Å². The molecule has 3 heteroatoms. The van der Waals surface area contributed by atoms with Crippen molar-refractivity contribution in [3.63, 3.8) is 0 Å². The van der Waals surface area contributed by atoms with Gasteiger partial charge in [0.2, 0.25) is 5.91 Å². The van der Waals surface area contributed by atoms with E-state index < -0.39 is 0 Å². The molecule has 0 bridgehead atoms. The van der Waals surface area contributed by atoms with E-state index in [0.717, 1.165) is 19.3 Å². The maximum absolute atomic E-state index is 12.5. The summed E-state index contributed by atoms with van der Waals surface area (Å²) in [6.45, 7) is 2.73. The normalized spacial score (nSPS) is 31.5. The lowest BCUT2D eigenvalue weighted by Gasteiger charge is -2.36. The Bertz CT molecular complexity index is 431. The van der Waals surface area contributed by atoms with Crippen LogP contribution in [-0.4, -0.2) is 23.6 Å². The largest absolute Gasteiger partial charge is 0.356 e. The molecule has 0 aliphatic carbocycles. The van der Waals surface area contributed by atoms with Gasteiger partial charge in [-0.3, -0.25) is 4.79 Å². The van der Waals surface area contributed by atoms with Gasteiger partial charge in [-0.2, -0.15) is 0 Å². The average molecular weight is 245 g/mol. The number of hydrogen-bond donors (Lipinski definition) is 0. The van der Waals surface area contributed by atoms with Gasteiger partial charge in [0.15, 0.2) is 0 Å². The minimum absolute atomic E-state index is 0.00510. The Morgan fingerprint density at radius 1 is 1.28 bits per heavy atom. The maximum Gasteiger partial charge on any atom is 0.228 e. The molecule has 1 aromatic carbocycles. The second-order valence-electron chi connectivity index (χ2n) is 5.14. The fourth-order valence-corrected chi connectivity index (χ4v) is 3.07. The zero-order valence-corrected chi connectivity index (χ0v) is 10.7. The zero-order chi connectivity index (χ0) is 12.5. The molecule has 1 aromatic rings. The molecule has 1 amide bonds. The fraction of sp³-hybridized carbons (Fsp3) is 0.533. The van der Waals surface area contributed by atoms with Crippen molar-refractivity contribution in [1.29, 1.82) is 0 Å². The predicted octanol–water partition coefficient (Wildman–Crippen LogP) is 2.73. The molecule has 0 spiro atoms. The van der Waals surface area contributed by atoms with E-state index in [1.165, 1.54) is 5.56 Å². The van der Waals surface area contributed by atoms with Crippen LogP contribution in [0.5, 0.6) is 0 Å². The lowest BCUT2D eigenvalue weighted by Crippen LogP contribution is -2.45. The first-order valence-electron chi connectivity index (χ1n) is 6.80. The molecule has 0 aromatic heterocycles. The molecule has 2 saturated heterocycles. The van der Waals surface area contributed by atoms with Crippen molar-refractivity contribution in [1.82, 2.24) is 4.90 Å². The fourth-order valence-electron chi connectivity index (χ4n) is 3.07. The molecular formula is C15H19NO2. The molecule has 0 N–H and O–H groups in total. The van der Waals surface area contributed by atoms with Gasteiger partial charge in [0.05, 0.1) is 12.6 Å². The van der Waals surface area contributed by atoms with E-state index in [4.69, 9.17) is 4.74 Å². The van der Waals surface area contributed by atoms with Gasteiger partial charge in [0, 0.05) is 5.92 Å². The topological polar surface area (TPSA) is 29.5 Å². The van der Waals surface area contributed by atoms with E-state index in [-0.39, 0.29) is 24.1 Å². The molecule has 3 nitrogen and oxygen atoms in total. The smallest absolute Gasteiger partial charge is 0.228 e. The number of carbonyl (C=O) groups excluding carboxylic acids is 1. The number of piperidine rings is 1. The molecule has 0 saturated carbocycles. The van der Waals surface area contributed by atoms with Crippen LogP contribution in [0.2, 0.25) is 0 Å². The van der Waals surface area contributed by atoms with Crippen LogP contribution in [0, 0.1) is 5.92 Å². The monoisotopic (exact) mass is 245 g/mol. The van der Waals surface area contributed by atoms with Gasteiger partial charge in [-0.1, -0.05) is 37.3 Å². The Kier molecular flexibility index (Phi) is 3.08. The van der Waals surface area contributed by atoms with Crippen molar-refractivity contribution in [2.45, 2.75) is 38.5 Å². The van der Waals surface area contributed by atoms with E-state index in [1.807, 2.05) is 23.1 Å². The summed E-state index contributed by atoms with van der Waals surface area (Å²) in [6.07, 6.45) is 2.89.